The fourth-order valence-electron chi connectivity index (χ4n) is 1.97. The molecule has 0 bridgehead atoms. The SMILES string of the molecule is O=S(=O)(Nc1ccccc1C(F)(F)F)c1cc(-c2ccno2)cs1. The molecule has 24 heavy (non-hydrogen) atoms. The second-order valence-electron chi connectivity index (χ2n) is 4.68. The van der Waals surface area contributed by atoms with Crippen LogP contribution in [0.15, 0.2) is 56.7 Å². The van der Waals surface area contributed by atoms with Crippen LogP contribution in [0.2, 0.25) is 0 Å². The Hall–Kier alpha value is -2.33. The molecule has 126 valence electrons. The number of aromatic nitrogens is 1. The first-order valence-corrected chi connectivity index (χ1v) is 8.82. The van der Waals surface area contributed by atoms with Gasteiger partial charge in [0, 0.05) is 17.0 Å². The molecule has 0 saturated heterocycles. The van der Waals surface area contributed by atoms with Gasteiger partial charge in [-0.15, -0.1) is 11.3 Å². The van der Waals surface area contributed by atoms with E-state index in [4.69, 9.17) is 4.52 Å². The summed E-state index contributed by atoms with van der Waals surface area (Å²) in [5.41, 5.74) is -1.11. The van der Waals surface area contributed by atoms with Crippen LogP contribution in [0.4, 0.5) is 18.9 Å². The molecule has 3 rings (SSSR count). The van der Waals surface area contributed by atoms with E-state index in [1.807, 2.05) is 4.72 Å². The van der Waals surface area contributed by atoms with Gasteiger partial charge in [-0.05, 0) is 18.2 Å². The number of alkyl halides is 3. The van der Waals surface area contributed by atoms with E-state index in [9.17, 15) is 21.6 Å². The Kier molecular flexibility index (Phi) is 4.10. The molecule has 0 fully saturated rings. The summed E-state index contributed by atoms with van der Waals surface area (Å²) in [6, 6.07) is 7.24. The second-order valence-corrected chi connectivity index (χ2v) is 7.50. The molecule has 0 spiro atoms. The van der Waals surface area contributed by atoms with Gasteiger partial charge in [-0.3, -0.25) is 4.72 Å². The Morgan fingerprint density at radius 2 is 1.92 bits per heavy atom. The molecule has 0 aliphatic carbocycles. The van der Waals surface area contributed by atoms with Crippen molar-refractivity contribution in [3.63, 3.8) is 0 Å². The van der Waals surface area contributed by atoms with Crippen LogP contribution < -0.4 is 4.72 Å². The van der Waals surface area contributed by atoms with E-state index in [0.29, 0.717) is 11.3 Å². The zero-order valence-electron chi connectivity index (χ0n) is 11.7. The predicted octanol–water partition coefficient (Wildman–Crippen LogP) is 4.22. The third-order valence-electron chi connectivity index (χ3n) is 3.04. The van der Waals surface area contributed by atoms with Gasteiger partial charge in [0.1, 0.15) is 4.21 Å². The van der Waals surface area contributed by atoms with Crippen LogP contribution in [-0.4, -0.2) is 13.6 Å². The maximum absolute atomic E-state index is 13.0. The van der Waals surface area contributed by atoms with Gasteiger partial charge in [0.2, 0.25) is 0 Å². The van der Waals surface area contributed by atoms with E-state index in [1.54, 1.807) is 6.07 Å². The van der Waals surface area contributed by atoms with Crippen molar-refractivity contribution < 1.29 is 26.1 Å². The van der Waals surface area contributed by atoms with E-state index in [0.717, 1.165) is 23.5 Å². The highest BCUT2D eigenvalue weighted by Crippen LogP contribution is 2.36. The largest absolute Gasteiger partial charge is 0.418 e. The number of nitrogens with zero attached hydrogens (tertiary/aromatic N) is 1. The van der Waals surface area contributed by atoms with Crippen LogP contribution in [0, 0.1) is 0 Å². The highest BCUT2D eigenvalue weighted by molar-refractivity contribution is 7.94. The highest BCUT2D eigenvalue weighted by atomic mass is 32.2. The Bertz CT molecular complexity index is 948. The summed E-state index contributed by atoms with van der Waals surface area (Å²) in [5, 5.41) is 5.03. The number of sulfonamides is 1. The molecule has 5 nitrogen and oxygen atoms in total. The van der Waals surface area contributed by atoms with E-state index in [1.165, 1.54) is 29.8 Å². The third-order valence-corrected chi connectivity index (χ3v) is 5.84. The summed E-state index contributed by atoms with van der Waals surface area (Å²) in [4.78, 5) is 0. The van der Waals surface area contributed by atoms with Gasteiger partial charge in [0.25, 0.3) is 10.0 Å². The Labute approximate surface area is 138 Å². The first kappa shape index (κ1) is 16.5. The second kappa shape index (κ2) is 5.95. The lowest BCUT2D eigenvalue weighted by Crippen LogP contribution is -2.16. The molecule has 0 unspecified atom stereocenters. The fraction of sp³-hybridized carbons (Fsp3) is 0.0714. The zero-order chi connectivity index (χ0) is 17.4. The number of halogens is 3. The van der Waals surface area contributed by atoms with Gasteiger partial charge in [-0.25, -0.2) is 8.42 Å². The maximum atomic E-state index is 13.0. The molecule has 0 saturated carbocycles. The molecule has 0 amide bonds. The minimum absolute atomic E-state index is 0.133. The van der Waals surface area contributed by atoms with Gasteiger partial charge < -0.3 is 4.52 Å². The molecule has 3 aromatic rings. The van der Waals surface area contributed by atoms with Crippen LogP contribution in [0.3, 0.4) is 0 Å². The van der Waals surface area contributed by atoms with Crippen LogP contribution in [0.25, 0.3) is 11.3 Å². The van der Waals surface area contributed by atoms with E-state index in [2.05, 4.69) is 5.16 Å². The van der Waals surface area contributed by atoms with Crippen LogP contribution >= 0.6 is 11.3 Å². The number of hydrogen-bond donors (Lipinski definition) is 1. The molecular formula is C14H9F3N2O3S2. The van der Waals surface area contributed by atoms with E-state index in [-0.39, 0.29) is 4.21 Å². The summed E-state index contributed by atoms with van der Waals surface area (Å²) in [5.74, 6) is 0.364. The van der Waals surface area contributed by atoms with Crippen molar-refractivity contribution in [2.75, 3.05) is 4.72 Å². The van der Waals surface area contributed by atoms with Crippen molar-refractivity contribution >= 4 is 27.0 Å². The lowest BCUT2D eigenvalue weighted by atomic mass is 10.2. The van der Waals surface area contributed by atoms with Crippen LogP contribution in [0.1, 0.15) is 5.56 Å². The number of benzene rings is 1. The Morgan fingerprint density at radius 1 is 1.17 bits per heavy atom. The molecule has 0 radical (unpaired) electrons. The first-order valence-electron chi connectivity index (χ1n) is 6.46. The minimum atomic E-state index is -4.67. The number of rotatable bonds is 4. The number of para-hydroxylation sites is 1. The lowest BCUT2D eigenvalue weighted by molar-refractivity contribution is -0.136. The summed E-state index contributed by atoms with van der Waals surface area (Å²) in [7, 11) is -4.16. The van der Waals surface area contributed by atoms with Crippen LogP contribution in [-0.2, 0) is 16.2 Å². The van der Waals surface area contributed by atoms with Crippen molar-refractivity contribution in [2.24, 2.45) is 0 Å². The Morgan fingerprint density at radius 3 is 2.58 bits per heavy atom. The molecule has 1 N–H and O–H groups in total. The van der Waals surface area contributed by atoms with Gasteiger partial charge in [0.15, 0.2) is 5.76 Å². The van der Waals surface area contributed by atoms with Crippen molar-refractivity contribution in [3.05, 3.63) is 53.5 Å². The lowest BCUT2D eigenvalue weighted by Gasteiger charge is -2.13. The van der Waals surface area contributed by atoms with E-state index < -0.39 is 27.5 Å². The monoisotopic (exact) mass is 374 g/mol. The predicted molar refractivity (Wildman–Crippen MR) is 82.1 cm³/mol. The Balaban J connectivity index is 1.93. The molecule has 0 aliphatic rings. The topological polar surface area (TPSA) is 72.2 Å². The zero-order valence-corrected chi connectivity index (χ0v) is 13.4. The smallest absolute Gasteiger partial charge is 0.356 e. The van der Waals surface area contributed by atoms with E-state index >= 15 is 0 Å². The molecular weight excluding hydrogens is 365 g/mol. The average Bonchev–Trinajstić information content (AvgIpc) is 3.18. The summed E-state index contributed by atoms with van der Waals surface area (Å²) < 4.78 is 70.4. The van der Waals surface area contributed by atoms with Gasteiger partial charge in [-0.2, -0.15) is 13.2 Å². The molecule has 10 heteroatoms. The number of thiophene rings is 1. The summed E-state index contributed by atoms with van der Waals surface area (Å²) >= 11 is 0.868. The number of nitrogens with one attached hydrogen (secondary N) is 1. The highest BCUT2D eigenvalue weighted by Gasteiger charge is 2.34. The van der Waals surface area contributed by atoms with Gasteiger partial charge >= 0.3 is 6.18 Å². The number of hydrogen-bond acceptors (Lipinski definition) is 5. The van der Waals surface area contributed by atoms with Gasteiger partial charge in [0.05, 0.1) is 17.4 Å². The first-order chi connectivity index (χ1) is 11.3. The maximum Gasteiger partial charge on any atom is 0.418 e. The van der Waals surface area contributed by atoms with Gasteiger partial charge in [-0.1, -0.05) is 17.3 Å². The quantitative estimate of drug-likeness (QED) is 0.742. The third kappa shape index (κ3) is 3.29. The van der Waals surface area contributed by atoms with Crippen molar-refractivity contribution in [1.82, 2.24) is 5.16 Å². The molecule has 2 heterocycles. The molecule has 0 aliphatic heterocycles. The minimum Gasteiger partial charge on any atom is -0.356 e. The normalized spacial score (nSPS) is 12.3. The molecule has 0 atom stereocenters. The van der Waals surface area contributed by atoms with Crippen molar-refractivity contribution in [3.8, 4) is 11.3 Å². The summed E-state index contributed by atoms with van der Waals surface area (Å²) in [6.07, 6.45) is -3.27. The molecule has 1 aromatic carbocycles. The number of anilines is 1. The standard InChI is InChI=1S/C14H9F3N2O3S2/c15-14(16,17)10-3-1-2-4-11(10)19-24(20,21)13-7-9(8-23-13)12-5-6-18-22-12/h1-8,19H. The van der Waals surface area contributed by atoms with Crippen molar-refractivity contribution in [2.45, 2.75) is 10.4 Å². The van der Waals surface area contributed by atoms with Crippen molar-refractivity contribution in [1.29, 1.82) is 0 Å². The average molecular weight is 374 g/mol. The fourth-order valence-corrected chi connectivity index (χ4v) is 4.21. The summed E-state index contributed by atoms with van der Waals surface area (Å²) in [6.45, 7) is 0. The van der Waals surface area contributed by atoms with Crippen LogP contribution in [0.5, 0.6) is 0 Å². The molecule has 2 aromatic heterocycles.